The molecule has 3 N–H and O–H groups in total. The first-order valence-corrected chi connectivity index (χ1v) is 5.95. The van der Waals surface area contributed by atoms with Gasteiger partial charge in [-0.05, 0) is 12.5 Å². The smallest absolute Gasteiger partial charge is 0.0855 e. The lowest BCUT2D eigenvalue weighted by atomic mass is 9.77. The highest BCUT2D eigenvalue weighted by Gasteiger charge is 2.32. The van der Waals surface area contributed by atoms with Gasteiger partial charge >= 0.3 is 0 Å². The second-order valence-corrected chi connectivity index (χ2v) is 4.42. The van der Waals surface area contributed by atoms with Crippen LogP contribution in [0.1, 0.15) is 46.3 Å². The van der Waals surface area contributed by atoms with Gasteiger partial charge in [0.15, 0.2) is 0 Å². The molecule has 2 heteroatoms. The van der Waals surface area contributed by atoms with E-state index in [1.807, 2.05) is 65.0 Å². The van der Waals surface area contributed by atoms with E-state index in [-0.39, 0.29) is 11.5 Å². The molecule has 92 valence electrons. The molecule has 1 aromatic carbocycles. The Bertz CT molecular complexity index is 280. The van der Waals surface area contributed by atoms with Crippen LogP contribution in [-0.2, 0) is 0 Å². The van der Waals surface area contributed by atoms with Crippen LogP contribution in [0.2, 0.25) is 0 Å². The van der Waals surface area contributed by atoms with E-state index in [1.54, 1.807) is 0 Å². The molecule has 16 heavy (non-hydrogen) atoms. The number of aliphatic hydroxyl groups excluding tert-OH is 1. The molecule has 0 amide bonds. The van der Waals surface area contributed by atoms with Crippen LogP contribution in [-0.4, -0.2) is 11.1 Å². The molecule has 0 aromatic heterocycles. The zero-order valence-electron chi connectivity index (χ0n) is 11.1. The second-order valence-electron chi connectivity index (χ2n) is 4.42. The molecule has 0 aliphatic carbocycles. The standard InChI is InChI=1S/C12H19NO.C2H6/c1-9(13)12(2,3)11(14)10-7-5-4-6-8-10;1-2/h4-9,11,14H,13H2,1-3H3;1-2H3. The topological polar surface area (TPSA) is 46.2 Å². The van der Waals surface area contributed by atoms with Crippen LogP contribution in [0.5, 0.6) is 0 Å². The van der Waals surface area contributed by atoms with Gasteiger partial charge in [0.2, 0.25) is 0 Å². The van der Waals surface area contributed by atoms with Gasteiger partial charge in [-0.15, -0.1) is 0 Å². The molecule has 1 aromatic rings. The van der Waals surface area contributed by atoms with Crippen molar-refractivity contribution < 1.29 is 5.11 Å². The van der Waals surface area contributed by atoms with Gasteiger partial charge < -0.3 is 10.8 Å². The SMILES string of the molecule is CC.CC(N)C(C)(C)C(O)c1ccccc1. The zero-order chi connectivity index (χ0) is 12.8. The molecule has 0 spiro atoms. The Balaban J connectivity index is 0.00000106. The van der Waals surface area contributed by atoms with Crippen molar-refractivity contribution in [1.82, 2.24) is 0 Å². The number of rotatable bonds is 3. The molecule has 0 radical (unpaired) electrons. The Labute approximate surface area is 99.5 Å². The summed E-state index contributed by atoms with van der Waals surface area (Å²) < 4.78 is 0. The molecule has 0 heterocycles. The fourth-order valence-corrected chi connectivity index (χ4v) is 1.31. The summed E-state index contributed by atoms with van der Waals surface area (Å²) in [4.78, 5) is 0. The summed E-state index contributed by atoms with van der Waals surface area (Å²) in [5, 5.41) is 10.1. The lowest BCUT2D eigenvalue weighted by molar-refractivity contribution is 0.0344. The monoisotopic (exact) mass is 223 g/mol. The molecule has 1 rings (SSSR count). The van der Waals surface area contributed by atoms with Gasteiger partial charge in [0, 0.05) is 11.5 Å². The molecule has 2 atom stereocenters. The van der Waals surface area contributed by atoms with Gasteiger partial charge in [0.05, 0.1) is 6.10 Å². The van der Waals surface area contributed by atoms with Crippen LogP contribution >= 0.6 is 0 Å². The normalized spacial score (nSPS) is 14.7. The van der Waals surface area contributed by atoms with Crippen molar-refractivity contribution in [2.24, 2.45) is 11.1 Å². The maximum Gasteiger partial charge on any atom is 0.0855 e. The summed E-state index contributed by atoms with van der Waals surface area (Å²) in [6, 6.07) is 9.60. The summed E-state index contributed by atoms with van der Waals surface area (Å²) >= 11 is 0. The van der Waals surface area contributed by atoms with E-state index in [9.17, 15) is 5.11 Å². The first-order chi connectivity index (χ1) is 7.46. The minimum Gasteiger partial charge on any atom is -0.388 e. The third-order valence-electron chi connectivity index (χ3n) is 2.99. The quantitative estimate of drug-likeness (QED) is 0.827. The first kappa shape index (κ1) is 15.1. The maximum atomic E-state index is 10.1. The number of hydrogen-bond donors (Lipinski definition) is 2. The lowest BCUT2D eigenvalue weighted by Gasteiger charge is -2.34. The molecule has 0 aliphatic heterocycles. The number of hydrogen-bond acceptors (Lipinski definition) is 2. The summed E-state index contributed by atoms with van der Waals surface area (Å²) in [5.74, 6) is 0. The third kappa shape index (κ3) is 3.62. The first-order valence-electron chi connectivity index (χ1n) is 5.95. The van der Waals surface area contributed by atoms with Crippen molar-refractivity contribution in [3.8, 4) is 0 Å². The van der Waals surface area contributed by atoms with Gasteiger partial charge in [-0.25, -0.2) is 0 Å². The van der Waals surface area contributed by atoms with Crippen molar-refractivity contribution in [2.75, 3.05) is 0 Å². The van der Waals surface area contributed by atoms with Crippen molar-refractivity contribution in [2.45, 2.75) is 46.8 Å². The largest absolute Gasteiger partial charge is 0.388 e. The van der Waals surface area contributed by atoms with Crippen molar-refractivity contribution >= 4 is 0 Å². The predicted octanol–water partition coefficient (Wildman–Crippen LogP) is 3.12. The fourth-order valence-electron chi connectivity index (χ4n) is 1.31. The highest BCUT2D eigenvalue weighted by atomic mass is 16.3. The number of aliphatic hydroxyl groups is 1. The summed E-state index contributed by atoms with van der Waals surface area (Å²) in [7, 11) is 0. The zero-order valence-corrected chi connectivity index (χ0v) is 11.1. The van der Waals surface area contributed by atoms with E-state index >= 15 is 0 Å². The minimum absolute atomic E-state index is 0.0438. The Morgan fingerprint density at radius 3 is 1.94 bits per heavy atom. The Morgan fingerprint density at radius 1 is 1.12 bits per heavy atom. The second kappa shape index (κ2) is 6.66. The van der Waals surface area contributed by atoms with Gasteiger partial charge in [0.25, 0.3) is 0 Å². The van der Waals surface area contributed by atoms with Crippen LogP contribution in [0.25, 0.3) is 0 Å². The van der Waals surface area contributed by atoms with Crippen LogP contribution in [0.3, 0.4) is 0 Å². The number of nitrogens with two attached hydrogens (primary N) is 1. The van der Waals surface area contributed by atoms with E-state index in [2.05, 4.69) is 0 Å². The van der Waals surface area contributed by atoms with Crippen LogP contribution in [0.4, 0.5) is 0 Å². The third-order valence-corrected chi connectivity index (χ3v) is 2.99. The molecule has 0 saturated heterocycles. The molecule has 0 aliphatic rings. The average molecular weight is 223 g/mol. The van der Waals surface area contributed by atoms with E-state index in [0.717, 1.165) is 5.56 Å². The summed E-state index contributed by atoms with van der Waals surface area (Å²) in [6.45, 7) is 9.89. The van der Waals surface area contributed by atoms with Crippen molar-refractivity contribution in [3.63, 3.8) is 0 Å². The molecule has 0 fully saturated rings. The molecule has 2 nitrogen and oxygen atoms in total. The van der Waals surface area contributed by atoms with Crippen molar-refractivity contribution in [1.29, 1.82) is 0 Å². The van der Waals surface area contributed by atoms with Crippen LogP contribution in [0, 0.1) is 5.41 Å². The molecule has 0 saturated carbocycles. The fraction of sp³-hybridized carbons (Fsp3) is 0.571. The number of benzene rings is 1. The van der Waals surface area contributed by atoms with E-state index in [0.29, 0.717) is 0 Å². The highest BCUT2D eigenvalue weighted by Crippen LogP contribution is 2.35. The highest BCUT2D eigenvalue weighted by molar-refractivity contribution is 5.19. The lowest BCUT2D eigenvalue weighted by Crippen LogP contribution is -2.39. The van der Waals surface area contributed by atoms with Crippen molar-refractivity contribution in [3.05, 3.63) is 35.9 Å². The minimum atomic E-state index is -0.510. The predicted molar refractivity (Wildman–Crippen MR) is 70.2 cm³/mol. The van der Waals surface area contributed by atoms with Gasteiger partial charge in [-0.3, -0.25) is 0 Å². The van der Waals surface area contributed by atoms with E-state index in [1.165, 1.54) is 0 Å². The molecular formula is C14H25NO. The van der Waals surface area contributed by atoms with Gasteiger partial charge in [-0.1, -0.05) is 58.0 Å². The maximum absolute atomic E-state index is 10.1. The van der Waals surface area contributed by atoms with Gasteiger partial charge in [0.1, 0.15) is 0 Å². The van der Waals surface area contributed by atoms with Crippen LogP contribution in [0.15, 0.2) is 30.3 Å². The Morgan fingerprint density at radius 2 is 1.56 bits per heavy atom. The summed E-state index contributed by atoms with van der Waals surface area (Å²) in [6.07, 6.45) is -0.510. The average Bonchev–Trinajstić information content (AvgIpc) is 2.31. The van der Waals surface area contributed by atoms with Gasteiger partial charge in [-0.2, -0.15) is 0 Å². The summed E-state index contributed by atoms with van der Waals surface area (Å²) in [5.41, 5.74) is 6.47. The van der Waals surface area contributed by atoms with Crippen LogP contribution < -0.4 is 5.73 Å². The Hall–Kier alpha value is -0.860. The molecule has 2 unspecified atom stereocenters. The Kier molecular flexibility index (Phi) is 6.31. The molecular weight excluding hydrogens is 198 g/mol. The van der Waals surface area contributed by atoms with E-state index < -0.39 is 6.10 Å². The molecule has 0 bridgehead atoms. The van der Waals surface area contributed by atoms with E-state index in [4.69, 9.17) is 5.73 Å².